The Morgan fingerprint density at radius 1 is 1.37 bits per heavy atom. The predicted octanol–water partition coefficient (Wildman–Crippen LogP) is 3.10. The fourth-order valence-electron chi connectivity index (χ4n) is 2.11. The topological polar surface area (TPSA) is 47.0 Å². The summed E-state index contributed by atoms with van der Waals surface area (Å²) in [6.45, 7) is 11.2. The molecule has 1 saturated heterocycles. The monoisotopic (exact) mass is 263 g/mol. The van der Waals surface area contributed by atoms with Gasteiger partial charge in [-0.25, -0.2) is 9.97 Å². The van der Waals surface area contributed by atoms with Crippen molar-refractivity contribution < 1.29 is 4.74 Å². The van der Waals surface area contributed by atoms with Crippen LogP contribution >= 0.6 is 0 Å². The standard InChI is InChI=1S/C15H25N3O/c1-5-7-16-13-9-12(15(2,3)4)17-14(18-13)11-6-8-19-10-11/h9,11H,5-8,10H2,1-4H3,(H,16,17,18). The summed E-state index contributed by atoms with van der Waals surface area (Å²) < 4.78 is 5.46. The smallest absolute Gasteiger partial charge is 0.136 e. The van der Waals surface area contributed by atoms with E-state index in [-0.39, 0.29) is 5.41 Å². The van der Waals surface area contributed by atoms with Crippen LogP contribution in [0.25, 0.3) is 0 Å². The van der Waals surface area contributed by atoms with Crippen LogP contribution in [0.1, 0.15) is 58.0 Å². The zero-order valence-electron chi connectivity index (χ0n) is 12.5. The summed E-state index contributed by atoms with van der Waals surface area (Å²) in [5.74, 6) is 2.23. The maximum atomic E-state index is 5.46. The van der Waals surface area contributed by atoms with Gasteiger partial charge < -0.3 is 10.1 Å². The molecule has 1 aliphatic heterocycles. The number of hydrogen-bond acceptors (Lipinski definition) is 4. The molecule has 0 aliphatic carbocycles. The van der Waals surface area contributed by atoms with Gasteiger partial charge in [-0.1, -0.05) is 27.7 Å². The van der Waals surface area contributed by atoms with Crippen molar-refractivity contribution in [2.24, 2.45) is 0 Å². The number of aromatic nitrogens is 2. The highest BCUT2D eigenvalue weighted by molar-refractivity contribution is 5.38. The van der Waals surface area contributed by atoms with Crippen molar-refractivity contribution >= 4 is 5.82 Å². The molecule has 2 heterocycles. The molecule has 0 radical (unpaired) electrons. The first-order valence-corrected chi connectivity index (χ1v) is 7.21. The Bertz CT molecular complexity index is 420. The van der Waals surface area contributed by atoms with E-state index in [9.17, 15) is 0 Å². The van der Waals surface area contributed by atoms with E-state index in [2.05, 4.69) is 44.1 Å². The average Bonchev–Trinajstić information content (AvgIpc) is 2.89. The Kier molecular flexibility index (Phi) is 4.40. The van der Waals surface area contributed by atoms with Crippen molar-refractivity contribution in [2.45, 2.75) is 51.9 Å². The number of nitrogens with zero attached hydrogens (tertiary/aromatic N) is 2. The quantitative estimate of drug-likeness (QED) is 0.906. The van der Waals surface area contributed by atoms with Gasteiger partial charge in [0.05, 0.1) is 12.3 Å². The molecular formula is C15H25N3O. The van der Waals surface area contributed by atoms with Gasteiger partial charge >= 0.3 is 0 Å². The summed E-state index contributed by atoms with van der Waals surface area (Å²) in [6.07, 6.45) is 2.12. The normalized spacial score (nSPS) is 19.7. The second kappa shape index (κ2) is 5.87. The molecule has 4 heteroatoms. The molecule has 1 atom stereocenters. The molecule has 19 heavy (non-hydrogen) atoms. The van der Waals surface area contributed by atoms with Crippen LogP contribution in [-0.4, -0.2) is 29.7 Å². The molecule has 1 aromatic rings. The summed E-state index contributed by atoms with van der Waals surface area (Å²) in [5, 5.41) is 3.38. The van der Waals surface area contributed by atoms with Crippen LogP contribution in [0.5, 0.6) is 0 Å². The van der Waals surface area contributed by atoms with Gasteiger partial charge in [0.2, 0.25) is 0 Å². The molecule has 1 aliphatic rings. The molecule has 0 saturated carbocycles. The third-order valence-electron chi connectivity index (χ3n) is 3.36. The number of anilines is 1. The van der Waals surface area contributed by atoms with E-state index in [1.807, 2.05) is 0 Å². The summed E-state index contributed by atoms with van der Waals surface area (Å²) in [4.78, 5) is 9.43. The van der Waals surface area contributed by atoms with Gasteiger partial charge in [-0.15, -0.1) is 0 Å². The van der Waals surface area contributed by atoms with Gasteiger partial charge in [0.15, 0.2) is 0 Å². The Labute approximate surface area is 116 Å². The van der Waals surface area contributed by atoms with E-state index < -0.39 is 0 Å². The molecule has 4 nitrogen and oxygen atoms in total. The average molecular weight is 263 g/mol. The maximum Gasteiger partial charge on any atom is 0.136 e. The number of nitrogens with one attached hydrogen (secondary N) is 1. The van der Waals surface area contributed by atoms with E-state index in [1.54, 1.807) is 0 Å². The summed E-state index contributed by atoms with van der Waals surface area (Å²) in [7, 11) is 0. The second-order valence-corrected chi connectivity index (χ2v) is 6.23. The highest BCUT2D eigenvalue weighted by atomic mass is 16.5. The molecule has 1 unspecified atom stereocenters. The summed E-state index contributed by atoms with van der Waals surface area (Å²) >= 11 is 0. The summed E-state index contributed by atoms with van der Waals surface area (Å²) in [6, 6.07) is 2.08. The van der Waals surface area contributed by atoms with E-state index in [1.165, 1.54) is 0 Å². The fourth-order valence-corrected chi connectivity index (χ4v) is 2.11. The minimum atomic E-state index is 0.0415. The third kappa shape index (κ3) is 3.66. The van der Waals surface area contributed by atoms with Crippen LogP contribution < -0.4 is 5.32 Å². The minimum Gasteiger partial charge on any atom is -0.381 e. The molecule has 1 aromatic heterocycles. The van der Waals surface area contributed by atoms with Gasteiger partial charge in [0.1, 0.15) is 11.6 Å². The van der Waals surface area contributed by atoms with Crippen LogP contribution in [-0.2, 0) is 10.2 Å². The first kappa shape index (κ1) is 14.3. The second-order valence-electron chi connectivity index (χ2n) is 6.23. The molecule has 1 fully saturated rings. The lowest BCUT2D eigenvalue weighted by molar-refractivity contribution is 0.193. The van der Waals surface area contributed by atoms with Crippen molar-refractivity contribution in [3.05, 3.63) is 17.6 Å². The van der Waals surface area contributed by atoms with Gasteiger partial charge in [-0.3, -0.25) is 0 Å². The lowest BCUT2D eigenvalue weighted by atomic mass is 9.91. The van der Waals surface area contributed by atoms with Gasteiger partial charge in [-0.05, 0) is 12.8 Å². The first-order chi connectivity index (χ1) is 9.00. The van der Waals surface area contributed by atoms with Gasteiger partial charge in [0.25, 0.3) is 0 Å². The minimum absolute atomic E-state index is 0.0415. The molecule has 106 valence electrons. The maximum absolute atomic E-state index is 5.46. The van der Waals surface area contributed by atoms with Crippen LogP contribution in [0.2, 0.25) is 0 Å². The predicted molar refractivity (Wildman–Crippen MR) is 77.7 cm³/mol. The molecule has 0 amide bonds. The molecule has 1 N–H and O–H groups in total. The zero-order valence-corrected chi connectivity index (χ0v) is 12.5. The van der Waals surface area contributed by atoms with E-state index in [0.29, 0.717) is 5.92 Å². The zero-order chi connectivity index (χ0) is 13.9. The van der Waals surface area contributed by atoms with E-state index >= 15 is 0 Å². The molecule has 2 rings (SSSR count). The fraction of sp³-hybridized carbons (Fsp3) is 0.733. The van der Waals surface area contributed by atoms with Crippen molar-refractivity contribution in [1.29, 1.82) is 0 Å². The molecule has 0 spiro atoms. The van der Waals surface area contributed by atoms with Crippen molar-refractivity contribution in [3.63, 3.8) is 0 Å². The van der Waals surface area contributed by atoms with Crippen LogP contribution in [0.3, 0.4) is 0 Å². The molecule has 0 aromatic carbocycles. The molecular weight excluding hydrogens is 238 g/mol. The van der Waals surface area contributed by atoms with Crippen LogP contribution in [0, 0.1) is 0 Å². The van der Waals surface area contributed by atoms with Crippen molar-refractivity contribution in [2.75, 3.05) is 25.1 Å². The third-order valence-corrected chi connectivity index (χ3v) is 3.36. The van der Waals surface area contributed by atoms with Crippen molar-refractivity contribution in [3.8, 4) is 0 Å². The Morgan fingerprint density at radius 2 is 2.16 bits per heavy atom. The number of ether oxygens (including phenoxy) is 1. The Morgan fingerprint density at radius 3 is 2.74 bits per heavy atom. The lowest BCUT2D eigenvalue weighted by Crippen LogP contribution is -2.18. The van der Waals surface area contributed by atoms with Gasteiger partial charge in [-0.2, -0.15) is 0 Å². The number of rotatable bonds is 4. The van der Waals surface area contributed by atoms with E-state index in [0.717, 1.165) is 49.9 Å². The SMILES string of the molecule is CCCNc1cc(C(C)(C)C)nc(C2CCOC2)n1. The van der Waals surface area contributed by atoms with E-state index in [4.69, 9.17) is 9.72 Å². The summed E-state index contributed by atoms with van der Waals surface area (Å²) in [5.41, 5.74) is 1.14. The van der Waals surface area contributed by atoms with Crippen molar-refractivity contribution in [1.82, 2.24) is 9.97 Å². The largest absolute Gasteiger partial charge is 0.381 e. The van der Waals surface area contributed by atoms with Crippen LogP contribution in [0.15, 0.2) is 6.07 Å². The Hall–Kier alpha value is -1.16. The van der Waals surface area contributed by atoms with Gasteiger partial charge in [0, 0.05) is 30.6 Å². The highest BCUT2D eigenvalue weighted by Gasteiger charge is 2.24. The molecule has 0 bridgehead atoms. The highest BCUT2D eigenvalue weighted by Crippen LogP contribution is 2.27. The van der Waals surface area contributed by atoms with Crippen LogP contribution in [0.4, 0.5) is 5.82 Å². The first-order valence-electron chi connectivity index (χ1n) is 7.21. The Balaban J connectivity index is 2.30. The number of hydrogen-bond donors (Lipinski definition) is 1. The lowest BCUT2D eigenvalue weighted by Gasteiger charge is -2.21.